The molecule has 0 amide bonds. The van der Waals surface area contributed by atoms with Crippen molar-refractivity contribution in [3.05, 3.63) is 78.4 Å². The molecule has 198 valence electrons. The fourth-order valence-electron chi connectivity index (χ4n) is 5.56. The third-order valence-electron chi connectivity index (χ3n) is 7.40. The largest absolute Gasteiger partial charge is 0.399 e. The number of nitrogen functional groups attached to an aromatic ring is 1. The summed E-state index contributed by atoms with van der Waals surface area (Å²) < 4.78 is 30.0. The van der Waals surface area contributed by atoms with Crippen LogP contribution in [0.4, 0.5) is 11.6 Å². The minimum absolute atomic E-state index is 0.0383. The van der Waals surface area contributed by atoms with Crippen molar-refractivity contribution in [2.45, 2.75) is 51.1 Å². The summed E-state index contributed by atoms with van der Waals surface area (Å²) in [5.41, 5.74) is 7.89. The van der Waals surface area contributed by atoms with E-state index < -0.39 is 10.0 Å². The Hall–Kier alpha value is -3.86. The summed E-state index contributed by atoms with van der Waals surface area (Å²) in [7, 11) is -4.00. The zero-order valence-corrected chi connectivity index (χ0v) is 22.3. The summed E-state index contributed by atoms with van der Waals surface area (Å²) in [5.74, 6) is 0.808. The van der Waals surface area contributed by atoms with E-state index in [-0.39, 0.29) is 34.5 Å². The molecule has 38 heavy (non-hydrogen) atoms. The van der Waals surface area contributed by atoms with Crippen molar-refractivity contribution in [2.24, 2.45) is 17.3 Å². The molecule has 3 aromatic rings. The molecule has 0 unspecified atom stereocenters. The van der Waals surface area contributed by atoms with Crippen LogP contribution < -0.4 is 10.0 Å². The SMILES string of the molecule is CC(C)C1=CC[C@H](Cn2cc(CN(c3ncccn3)S(=O)(=O)c3ccc(N)cc3)nn2)[C@@]12C=CC(=O)CC2. The van der Waals surface area contributed by atoms with Gasteiger partial charge < -0.3 is 5.73 Å². The third kappa shape index (κ3) is 4.85. The number of anilines is 2. The molecule has 1 aromatic carbocycles. The van der Waals surface area contributed by atoms with Crippen LogP contribution in [-0.2, 0) is 27.9 Å². The van der Waals surface area contributed by atoms with E-state index >= 15 is 0 Å². The van der Waals surface area contributed by atoms with Crippen LogP contribution in [0.2, 0.25) is 0 Å². The first-order chi connectivity index (χ1) is 18.2. The van der Waals surface area contributed by atoms with Gasteiger partial charge in [-0.15, -0.1) is 5.10 Å². The Balaban J connectivity index is 1.40. The van der Waals surface area contributed by atoms with Crippen molar-refractivity contribution in [2.75, 3.05) is 10.0 Å². The maximum absolute atomic E-state index is 13.6. The van der Waals surface area contributed by atoms with Gasteiger partial charge in [-0.1, -0.05) is 36.8 Å². The van der Waals surface area contributed by atoms with Gasteiger partial charge in [-0.3, -0.25) is 9.48 Å². The molecule has 2 heterocycles. The second-order valence-electron chi connectivity index (χ2n) is 10.1. The zero-order chi connectivity index (χ0) is 26.9. The minimum atomic E-state index is -4.00. The summed E-state index contributed by atoms with van der Waals surface area (Å²) in [5, 5.41) is 8.62. The normalized spacial score (nSPS) is 21.3. The lowest BCUT2D eigenvalue weighted by atomic mass is 9.65. The molecule has 2 atom stereocenters. The Morgan fingerprint density at radius 1 is 1.18 bits per heavy atom. The number of allylic oxidation sites excluding steroid dienone is 4. The number of nitrogens with zero attached hydrogens (tertiary/aromatic N) is 6. The van der Waals surface area contributed by atoms with Gasteiger partial charge in [0.15, 0.2) is 5.78 Å². The van der Waals surface area contributed by atoms with E-state index in [4.69, 9.17) is 5.73 Å². The summed E-state index contributed by atoms with van der Waals surface area (Å²) >= 11 is 0. The lowest BCUT2D eigenvalue weighted by Crippen LogP contribution is -2.34. The average molecular weight is 534 g/mol. The van der Waals surface area contributed by atoms with Crippen LogP contribution in [0.5, 0.6) is 0 Å². The molecule has 0 fully saturated rings. The van der Waals surface area contributed by atoms with Crippen molar-refractivity contribution in [3.8, 4) is 0 Å². The van der Waals surface area contributed by atoms with Crippen LogP contribution in [-0.4, -0.2) is 39.2 Å². The topological polar surface area (TPSA) is 137 Å². The fraction of sp³-hybridized carbons (Fsp3) is 0.370. The second kappa shape index (κ2) is 10.1. The Bertz CT molecular complexity index is 1480. The number of carbonyl (C=O) groups excluding carboxylic acids is 1. The van der Waals surface area contributed by atoms with Gasteiger partial charge in [0.1, 0.15) is 5.69 Å². The van der Waals surface area contributed by atoms with Crippen molar-refractivity contribution in [1.29, 1.82) is 0 Å². The van der Waals surface area contributed by atoms with Gasteiger partial charge in [-0.2, -0.15) is 0 Å². The number of hydrogen-bond donors (Lipinski definition) is 1. The van der Waals surface area contributed by atoms with Crippen molar-refractivity contribution in [3.63, 3.8) is 0 Å². The molecule has 0 saturated carbocycles. The molecule has 2 N–H and O–H groups in total. The van der Waals surface area contributed by atoms with E-state index in [1.165, 1.54) is 42.2 Å². The number of nitrogens with two attached hydrogens (primary N) is 1. The van der Waals surface area contributed by atoms with Crippen LogP contribution in [0.1, 0.15) is 38.8 Å². The molecule has 11 heteroatoms. The maximum Gasteiger partial charge on any atom is 0.267 e. The summed E-state index contributed by atoms with van der Waals surface area (Å²) in [6.07, 6.45) is 13.1. The zero-order valence-electron chi connectivity index (χ0n) is 21.4. The maximum atomic E-state index is 13.6. The number of benzene rings is 1. The molecule has 10 nitrogen and oxygen atoms in total. The molecular weight excluding hydrogens is 502 g/mol. The summed E-state index contributed by atoms with van der Waals surface area (Å²) in [6, 6.07) is 7.62. The van der Waals surface area contributed by atoms with E-state index in [0.717, 1.165) is 17.1 Å². The van der Waals surface area contributed by atoms with E-state index in [2.05, 4.69) is 46.3 Å². The van der Waals surface area contributed by atoms with Crippen molar-refractivity contribution in [1.82, 2.24) is 25.0 Å². The number of ketones is 1. The predicted molar refractivity (Wildman–Crippen MR) is 143 cm³/mol. The predicted octanol–water partition coefficient (Wildman–Crippen LogP) is 3.55. The Morgan fingerprint density at radius 3 is 2.58 bits per heavy atom. The van der Waals surface area contributed by atoms with Gasteiger partial charge >= 0.3 is 0 Å². The van der Waals surface area contributed by atoms with Crippen molar-refractivity contribution < 1.29 is 13.2 Å². The molecule has 1 spiro atoms. The number of hydrogen-bond acceptors (Lipinski definition) is 8. The Labute approximate surface area is 222 Å². The first-order valence-electron chi connectivity index (χ1n) is 12.7. The van der Waals surface area contributed by atoms with Crippen LogP contribution in [0, 0.1) is 17.3 Å². The van der Waals surface area contributed by atoms with Crippen molar-refractivity contribution >= 4 is 27.4 Å². The lowest BCUT2D eigenvalue weighted by molar-refractivity contribution is -0.115. The molecule has 0 bridgehead atoms. The van der Waals surface area contributed by atoms with E-state index in [0.29, 0.717) is 30.3 Å². The smallest absolute Gasteiger partial charge is 0.267 e. The highest BCUT2D eigenvalue weighted by Gasteiger charge is 2.45. The molecular formula is C27H31N7O3S. The highest BCUT2D eigenvalue weighted by molar-refractivity contribution is 7.92. The standard InChI is InChI=1S/C27H31N7O3S/c1-19(2)25-9-4-20(27(25)12-10-23(35)11-13-27)16-33-17-22(31-32-33)18-34(26-29-14-3-15-30-26)38(36,37)24-7-5-21(28)6-8-24/h3,5-10,12,14-15,17,19-20H,4,11,13,16,18,28H2,1-2H3/t20-,27+/m1/s1. The average Bonchev–Trinajstić information content (AvgIpc) is 3.50. The quantitative estimate of drug-likeness (QED) is 0.343. The fourth-order valence-corrected chi connectivity index (χ4v) is 6.90. The summed E-state index contributed by atoms with van der Waals surface area (Å²) in [6.45, 7) is 4.90. The van der Waals surface area contributed by atoms with Gasteiger partial charge in [-0.25, -0.2) is 22.7 Å². The van der Waals surface area contributed by atoms with Gasteiger partial charge in [0, 0.05) is 36.5 Å². The number of sulfonamides is 1. The molecule has 5 rings (SSSR count). The lowest BCUT2D eigenvalue weighted by Gasteiger charge is -2.39. The van der Waals surface area contributed by atoms with Gasteiger partial charge in [-0.05, 0) is 61.1 Å². The Morgan fingerprint density at radius 2 is 1.92 bits per heavy atom. The molecule has 0 aliphatic heterocycles. The molecule has 2 aliphatic rings. The van der Waals surface area contributed by atoms with E-state index in [9.17, 15) is 13.2 Å². The van der Waals surface area contributed by atoms with Crippen LogP contribution in [0.25, 0.3) is 0 Å². The molecule has 2 aliphatic carbocycles. The minimum Gasteiger partial charge on any atom is -0.399 e. The second-order valence-corrected chi connectivity index (χ2v) is 12.0. The van der Waals surface area contributed by atoms with E-state index in [1.54, 1.807) is 23.0 Å². The number of aromatic nitrogens is 5. The molecule has 0 radical (unpaired) electrons. The van der Waals surface area contributed by atoms with Gasteiger partial charge in [0.05, 0.1) is 17.6 Å². The number of carbonyl (C=O) groups is 1. The van der Waals surface area contributed by atoms with Gasteiger partial charge in [0.2, 0.25) is 5.95 Å². The monoisotopic (exact) mass is 533 g/mol. The first-order valence-corrected chi connectivity index (χ1v) is 14.1. The third-order valence-corrected chi connectivity index (χ3v) is 9.14. The first kappa shape index (κ1) is 25.8. The summed E-state index contributed by atoms with van der Waals surface area (Å²) in [4.78, 5) is 20.4. The van der Waals surface area contributed by atoms with Gasteiger partial charge in [0.25, 0.3) is 10.0 Å². The van der Waals surface area contributed by atoms with E-state index in [1.807, 2.05) is 0 Å². The van der Waals surface area contributed by atoms with Crippen LogP contribution in [0.3, 0.4) is 0 Å². The van der Waals surface area contributed by atoms with Crippen LogP contribution >= 0.6 is 0 Å². The van der Waals surface area contributed by atoms with Crippen LogP contribution in [0.15, 0.2) is 77.6 Å². The molecule has 0 saturated heterocycles. The highest BCUT2D eigenvalue weighted by Crippen LogP contribution is 2.53. The Kier molecular flexibility index (Phi) is 6.87. The molecule has 2 aromatic heterocycles. The highest BCUT2D eigenvalue weighted by atomic mass is 32.2. The number of rotatable bonds is 8.